The van der Waals surface area contributed by atoms with E-state index >= 15 is 0 Å². The monoisotopic (exact) mass is 634 g/mol. The molecule has 0 spiro atoms. The van der Waals surface area contributed by atoms with Crippen LogP contribution in [-0.2, 0) is 5.41 Å². The minimum Gasteiger partial charge on any atom is -0.507 e. The lowest BCUT2D eigenvalue weighted by Gasteiger charge is -2.26. The van der Waals surface area contributed by atoms with Crippen molar-refractivity contribution in [2.24, 2.45) is 0 Å². The number of benzene rings is 6. The van der Waals surface area contributed by atoms with Gasteiger partial charge in [-0.15, -0.1) is 0 Å². The lowest BCUT2D eigenvalue weighted by atomic mass is 9.78. The highest BCUT2D eigenvalue weighted by molar-refractivity contribution is 5.94. The zero-order valence-electron chi connectivity index (χ0n) is 27.3. The van der Waals surface area contributed by atoms with Gasteiger partial charge in [-0.3, -0.25) is 4.98 Å². The smallest absolute Gasteiger partial charge is 0.231 e. The SMILES string of the molecule is CC(C)(c1ccccc1)c1ccc(-c2cc(-c3cc(-c4ccccc4)ccn3)cc(-c3cccc4oc(-c5ccccc5O)nc34)c2)cc1. The van der Waals surface area contributed by atoms with Crippen LogP contribution in [0, 0.1) is 0 Å². The Bertz CT molecular complexity index is 2410. The first-order chi connectivity index (χ1) is 23.9. The average molecular weight is 635 g/mol. The summed E-state index contributed by atoms with van der Waals surface area (Å²) in [5.74, 6) is 0.508. The van der Waals surface area contributed by atoms with E-state index in [1.54, 1.807) is 12.1 Å². The summed E-state index contributed by atoms with van der Waals surface area (Å²) in [6.45, 7) is 4.53. The summed E-state index contributed by atoms with van der Waals surface area (Å²) < 4.78 is 6.19. The van der Waals surface area contributed by atoms with Gasteiger partial charge in [0.05, 0.1) is 11.3 Å². The Hall–Kier alpha value is -6.26. The second kappa shape index (κ2) is 12.4. The third-order valence-corrected chi connectivity index (χ3v) is 9.40. The summed E-state index contributed by atoms with van der Waals surface area (Å²) in [6, 6.07) is 53.8. The van der Waals surface area contributed by atoms with E-state index in [1.165, 1.54) is 11.1 Å². The Morgan fingerprint density at radius 3 is 1.92 bits per heavy atom. The zero-order valence-corrected chi connectivity index (χ0v) is 27.3. The predicted molar refractivity (Wildman–Crippen MR) is 199 cm³/mol. The lowest BCUT2D eigenvalue weighted by molar-refractivity contribution is 0.474. The average Bonchev–Trinajstić information content (AvgIpc) is 3.60. The van der Waals surface area contributed by atoms with Crippen LogP contribution in [0.4, 0.5) is 0 Å². The van der Waals surface area contributed by atoms with Crippen LogP contribution < -0.4 is 0 Å². The van der Waals surface area contributed by atoms with E-state index in [-0.39, 0.29) is 11.2 Å². The Labute approximate surface area is 286 Å². The highest BCUT2D eigenvalue weighted by Crippen LogP contribution is 2.39. The van der Waals surface area contributed by atoms with Crippen molar-refractivity contribution in [3.63, 3.8) is 0 Å². The molecule has 6 aromatic carbocycles. The molecular weight excluding hydrogens is 601 g/mol. The first-order valence-electron chi connectivity index (χ1n) is 16.5. The van der Waals surface area contributed by atoms with E-state index in [4.69, 9.17) is 14.4 Å². The predicted octanol–water partition coefficient (Wildman–Crippen LogP) is 11.6. The largest absolute Gasteiger partial charge is 0.507 e. The van der Waals surface area contributed by atoms with Crippen molar-refractivity contribution in [3.05, 3.63) is 175 Å². The normalized spacial score (nSPS) is 11.6. The highest BCUT2D eigenvalue weighted by atomic mass is 16.3. The van der Waals surface area contributed by atoms with Gasteiger partial charge in [0.1, 0.15) is 11.3 Å². The molecule has 0 unspecified atom stereocenters. The van der Waals surface area contributed by atoms with E-state index in [0.29, 0.717) is 17.0 Å². The van der Waals surface area contributed by atoms with Gasteiger partial charge in [0.25, 0.3) is 0 Å². The molecule has 0 atom stereocenters. The molecule has 0 amide bonds. The number of fused-ring (bicyclic) bond motifs is 1. The molecule has 0 saturated heterocycles. The van der Waals surface area contributed by atoms with Crippen molar-refractivity contribution < 1.29 is 9.52 Å². The number of oxazole rings is 1. The van der Waals surface area contributed by atoms with E-state index in [2.05, 4.69) is 123 Å². The lowest BCUT2D eigenvalue weighted by Crippen LogP contribution is -2.18. The molecule has 0 fully saturated rings. The van der Waals surface area contributed by atoms with Crippen molar-refractivity contribution in [2.75, 3.05) is 0 Å². The van der Waals surface area contributed by atoms with Crippen molar-refractivity contribution in [2.45, 2.75) is 19.3 Å². The molecule has 0 bridgehead atoms. The molecule has 0 aliphatic carbocycles. The maximum Gasteiger partial charge on any atom is 0.231 e. The van der Waals surface area contributed by atoms with E-state index in [1.807, 2.05) is 42.6 Å². The second-order valence-corrected chi connectivity index (χ2v) is 12.9. The molecule has 1 N–H and O–H groups in total. The molecule has 2 aromatic heterocycles. The van der Waals surface area contributed by atoms with Gasteiger partial charge < -0.3 is 9.52 Å². The summed E-state index contributed by atoms with van der Waals surface area (Å²) >= 11 is 0. The highest BCUT2D eigenvalue weighted by Gasteiger charge is 2.23. The fourth-order valence-electron chi connectivity index (χ4n) is 6.55. The fraction of sp³-hybridized carbons (Fsp3) is 0.0667. The van der Waals surface area contributed by atoms with Crippen LogP contribution in [0.15, 0.2) is 168 Å². The molecule has 8 aromatic rings. The Kier molecular flexibility index (Phi) is 7.62. The number of aromatic nitrogens is 2. The maximum atomic E-state index is 10.5. The molecule has 49 heavy (non-hydrogen) atoms. The van der Waals surface area contributed by atoms with Gasteiger partial charge in [-0.1, -0.05) is 123 Å². The molecule has 0 radical (unpaired) electrons. The first-order valence-corrected chi connectivity index (χ1v) is 16.5. The fourth-order valence-corrected chi connectivity index (χ4v) is 6.55. The Morgan fingerprint density at radius 1 is 0.510 bits per heavy atom. The van der Waals surface area contributed by atoms with Crippen LogP contribution in [0.5, 0.6) is 5.75 Å². The Balaban J connectivity index is 1.27. The number of phenols is 1. The number of hydrogen-bond acceptors (Lipinski definition) is 4. The third kappa shape index (κ3) is 5.79. The number of aromatic hydroxyl groups is 1. The summed E-state index contributed by atoms with van der Waals surface area (Å²) in [6.07, 6.45) is 1.88. The second-order valence-electron chi connectivity index (χ2n) is 12.9. The van der Waals surface area contributed by atoms with Crippen LogP contribution >= 0.6 is 0 Å². The molecular formula is C45H34N2O2. The minimum absolute atomic E-state index is 0.128. The quantitative estimate of drug-likeness (QED) is 0.189. The van der Waals surface area contributed by atoms with Crippen LogP contribution in [0.1, 0.15) is 25.0 Å². The molecule has 0 saturated carbocycles. The van der Waals surface area contributed by atoms with Crippen molar-refractivity contribution in [1.29, 1.82) is 0 Å². The van der Waals surface area contributed by atoms with Crippen molar-refractivity contribution in [1.82, 2.24) is 9.97 Å². The number of nitrogens with zero attached hydrogens (tertiary/aromatic N) is 2. The van der Waals surface area contributed by atoms with E-state index in [0.717, 1.165) is 50.2 Å². The molecule has 4 heteroatoms. The van der Waals surface area contributed by atoms with Gasteiger partial charge in [-0.2, -0.15) is 0 Å². The Morgan fingerprint density at radius 2 is 1.14 bits per heavy atom. The van der Waals surface area contributed by atoms with Gasteiger partial charge in [-0.05, 0) is 87.5 Å². The number of phenolic OH excluding ortho intramolecular Hbond substituents is 1. The van der Waals surface area contributed by atoms with Gasteiger partial charge in [0.2, 0.25) is 5.89 Å². The zero-order chi connectivity index (χ0) is 33.4. The molecule has 8 rings (SSSR count). The topological polar surface area (TPSA) is 59.2 Å². The molecule has 0 aliphatic rings. The molecule has 236 valence electrons. The summed E-state index contributed by atoms with van der Waals surface area (Å²) in [5, 5.41) is 10.5. The number of pyridine rings is 1. The van der Waals surface area contributed by atoms with Crippen LogP contribution in [0.25, 0.3) is 67.2 Å². The summed E-state index contributed by atoms with van der Waals surface area (Å²) in [7, 11) is 0. The first kappa shape index (κ1) is 30.1. The molecule has 4 nitrogen and oxygen atoms in total. The van der Waals surface area contributed by atoms with Crippen molar-refractivity contribution >= 4 is 11.1 Å². The van der Waals surface area contributed by atoms with Crippen molar-refractivity contribution in [3.8, 4) is 61.8 Å². The maximum absolute atomic E-state index is 10.5. The van der Waals surface area contributed by atoms with Gasteiger partial charge >= 0.3 is 0 Å². The number of para-hydroxylation sites is 2. The summed E-state index contributed by atoms with van der Waals surface area (Å²) in [5.41, 5.74) is 12.6. The number of rotatable bonds is 7. The molecule has 2 heterocycles. The standard InChI is InChI=1S/C45H34N2O2/c1-45(2,36-14-7-4-8-15-36)37-22-20-31(21-23-37)33-26-34(28-35(27-33)40-29-32(24-25-46-40)30-12-5-3-6-13-30)38-17-11-19-42-43(38)47-44(49-42)39-16-9-10-18-41(39)48/h3-29,48H,1-2H3. The van der Waals surface area contributed by atoms with Crippen LogP contribution in [0.2, 0.25) is 0 Å². The van der Waals surface area contributed by atoms with E-state index < -0.39 is 0 Å². The van der Waals surface area contributed by atoms with Gasteiger partial charge in [0.15, 0.2) is 5.58 Å². The minimum atomic E-state index is -0.137. The van der Waals surface area contributed by atoms with E-state index in [9.17, 15) is 5.11 Å². The summed E-state index contributed by atoms with van der Waals surface area (Å²) in [4.78, 5) is 9.74. The van der Waals surface area contributed by atoms with Gasteiger partial charge in [0, 0.05) is 22.7 Å². The van der Waals surface area contributed by atoms with Gasteiger partial charge in [-0.25, -0.2) is 4.98 Å². The third-order valence-electron chi connectivity index (χ3n) is 9.40. The van der Waals surface area contributed by atoms with Crippen LogP contribution in [-0.4, -0.2) is 15.1 Å². The molecule has 0 aliphatic heterocycles. The van der Waals surface area contributed by atoms with Crippen LogP contribution in [0.3, 0.4) is 0 Å². The number of hydrogen-bond donors (Lipinski definition) is 1.